The van der Waals surface area contributed by atoms with Crippen molar-refractivity contribution >= 4 is 27.4 Å². The molecule has 0 saturated heterocycles. The number of hydrogen-bond acceptors (Lipinski definition) is 7. The number of nitro benzene ring substituents is 1. The molecule has 0 spiro atoms. The number of nitrogens with one attached hydrogen (secondary N) is 1. The van der Waals surface area contributed by atoms with Crippen LogP contribution in [0.15, 0.2) is 24.3 Å². The highest BCUT2D eigenvalue weighted by Gasteiger charge is 2.22. The van der Waals surface area contributed by atoms with E-state index in [-0.39, 0.29) is 24.3 Å². The SMILES string of the molecule is COC(=O)C(Cc1ccc([N+](=O)[O-])cc1)NC(=O)CCCCS(C)(=O)=O. The molecule has 0 aliphatic rings. The number of ether oxygens (including phenoxy) is 1. The lowest BCUT2D eigenvalue weighted by Crippen LogP contribution is -2.43. The largest absolute Gasteiger partial charge is 0.467 e. The Morgan fingerprint density at radius 2 is 1.85 bits per heavy atom. The van der Waals surface area contributed by atoms with Crippen molar-refractivity contribution < 1.29 is 27.7 Å². The minimum Gasteiger partial charge on any atom is -0.467 e. The molecule has 10 heteroatoms. The summed E-state index contributed by atoms with van der Waals surface area (Å²) < 4.78 is 26.8. The van der Waals surface area contributed by atoms with Crippen LogP contribution < -0.4 is 5.32 Å². The first-order valence-corrected chi connectivity index (χ1v) is 9.96. The number of rotatable bonds is 10. The Kier molecular flexibility index (Phi) is 8.17. The number of nitro groups is 1. The molecular weight excluding hydrogens is 364 g/mol. The zero-order chi connectivity index (χ0) is 19.7. The van der Waals surface area contributed by atoms with E-state index in [0.29, 0.717) is 18.4 Å². The fourth-order valence-corrected chi connectivity index (χ4v) is 2.97. The second-order valence-electron chi connectivity index (χ2n) is 5.86. The van der Waals surface area contributed by atoms with Gasteiger partial charge in [0, 0.05) is 37.0 Å². The zero-order valence-corrected chi connectivity index (χ0v) is 15.5. The van der Waals surface area contributed by atoms with Gasteiger partial charge in [-0.2, -0.15) is 0 Å². The zero-order valence-electron chi connectivity index (χ0n) is 14.6. The van der Waals surface area contributed by atoms with Gasteiger partial charge in [-0.15, -0.1) is 0 Å². The molecule has 0 heterocycles. The first-order chi connectivity index (χ1) is 12.1. The molecule has 26 heavy (non-hydrogen) atoms. The number of hydrogen-bond donors (Lipinski definition) is 1. The minimum absolute atomic E-state index is 0.00348. The van der Waals surface area contributed by atoms with E-state index in [2.05, 4.69) is 10.1 Å². The Bertz CT molecular complexity index is 744. The number of amides is 1. The Morgan fingerprint density at radius 1 is 1.23 bits per heavy atom. The smallest absolute Gasteiger partial charge is 0.328 e. The number of benzene rings is 1. The Balaban J connectivity index is 2.62. The summed E-state index contributed by atoms with van der Waals surface area (Å²) in [6.45, 7) is 0. The molecule has 0 radical (unpaired) electrons. The van der Waals surface area contributed by atoms with Crippen LogP contribution >= 0.6 is 0 Å². The van der Waals surface area contributed by atoms with Crippen molar-refractivity contribution in [2.45, 2.75) is 31.7 Å². The van der Waals surface area contributed by atoms with E-state index in [4.69, 9.17) is 0 Å². The van der Waals surface area contributed by atoms with Crippen molar-refractivity contribution in [1.29, 1.82) is 0 Å². The monoisotopic (exact) mass is 386 g/mol. The molecule has 1 amide bonds. The van der Waals surface area contributed by atoms with Gasteiger partial charge in [-0.25, -0.2) is 13.2 Å². The van der Waals surface area contributed by atoms with Gasteiger partial charge in [0.2, 0.25) is 5.91 Å². The Morgan fingerprint density at radius 3 is 2.35 bits per heavy atom. The fourth-order valence-electron chi connectivity index (χ4n) is 2.24. The van der Waals surface area contributed by atoms with Crippen LogP contribution in [-0.2, 0) is 30.6 Å². The number of non-ortho nitro benzene ring substituents is 1. The Hall–Kier alpha value is -2.49. The van der Waals surface area contributed by atoms with Crippen LogP contribution in [0, 0.1) is 10.1 Å². The molecule has 9 nitrogen and oxygen atoms in total. The van der Waals surface area contributed by atoms with Crippen molar-refractivity contribution in [3.63, 3.8) is 0 Å². The van der Waals surface area contributed by atoms with Crippen LogP contribution in [0.5, 0.6) is 0 Å². The number of carbonyl (C=O) groups excluding carboxylic acids is 2. The molecule has 1 unspecified atom stereocenters. The number of carbonyl (C=O) groups is 2. The highest BCUT2D eigenvalue weighted by molar-refractivity contribution is 7.90. The molecule has 0 bridgehead atoms. The number of sulfone groups is 1. The van der Waals surface area contributed by atoms with E-state index < -0.39 is 32.7 Å². The lowest BCUT2D eigenvalue weighted by molar-refractivity contribution is -0.384. The lowest BCUT2D eigenvalue weighted by Gasteiger charge is -2.16. The fraction of sp³-hybridized carbons (Fsp3) is 0.500. The molecule has 0 aliphatic heterocycles. The number of nitrogens with zero attached hydrogens (tertiary/aromatic N) is 1. The summed E-state index contributed by atoms with van der Waals surface area (Å²) in [7, 11) is -1.87. The topological polar surface area (TPSA) is 133 Å². The van der Waals surface area contributed by atoms with Crippen LogP contribution in [-0.4, -0.2) is 50.4 Å². The van der Waals surface area contributed by atoms with Gasteiger partial charge in [-0.05, 0) is 18.4 Å². The molecule has 0 aromatic heterocycles. The van der Waals surface area contributed by atoms with Gasteiger partial charge < -0.3 is 10.1 Å². The van der Waals surface area contributed by atoms with Gasteiger partial charge >= 0.3 is 5.97 Å². The van der Waals surface area contributed by atoms with E-state index in [9.17, 15) is 28.1 Å². The summed E-state index contributed by atoms with van der Waals surface area (Å²) in [6.07, 6.45) is 2.08. The van der Waals surface area contributed by atoms with E-state index in [1.807, 2.05) is 0 Å². The summed E-state index contributed by atoms with van der Waals surface area (Å²) in [6, 6.07) is 4.72. The lowest BCUT2D eigenvalue weighted by atomic mass is 10.1. The van der Waals surface area contributed by atoms with E-state index >= 15 is 0 Å². The third kappa shape index (κ3) is 8.06. The van der Waals surface area contributed by atoms with Crippen LogP contribution in [0.3, 0.4) is 0 Å². The molecule has 0 saturated carbocycles. The summed E-state index contributed by atoms with van der Waals surface area (Å²) in [5.41, 5.74) is 0.557. The van der Waals surface area contributed by atoms with Gasteiger partial charge in [-0.1, -0.05) is 12.1 Å². The number of methoxy groups -OCH3 is 1. The highest BCUT2D eigenvalue weighted by Crippen LogP contribution is 2.13. The average Bonchev–Trinajstić information content (AvgIpc) is 2.57. The van der Waals surface area contributed by atoms with Gasteiger partial charge in [0.1, 0.15) is 15.9 Å². The summed E-state index contributed by atoms with van der Waals surface area (Å²) in [5.74, 6) is -1.02. The van der Waals surface area contributed by atoms with Crippen molar-refractivity contribution in [3.05, 3.63) is 39.9 Å². The first kappa shape index (κ1) is 21.6. The van der Waals surface area contributed by atoms with Gasteiger partial charge in [0.15, 0.2) is 0 Å². The molecular formula is C16H22N2O7S. The minimum atomic E-state index is -3.07. The number of unbranched alkanes of at least 4 members (excludes halogenated alkanes) is 1. The van der Waals surface area contributed by atoms with Crippen LogP contribution in [0.2, 0.25) is 0 Å². The maximum absolute atomic E-state index is 12.0. The third-order valence-corrected chi connectivity index (χ3v) is 4.61. The predicted octanol–water partition coefficient (Wildman–Crippen LogP) is 1.01. The van der Waals surface area contributed by atoms with E-state index in [0.717, 1.165) is 6.26 Å². The summed E-state index contributed by atoms with van der Waals surface area (Å²) in [4.78, 5) is 34.0. The maximum Gasteiger partial charge on any atom is 0.328 e. The maximum atomic E-state index is 12.0. The average molecular weight is 386 g/mol. The normalized spacial score (nSPS) is 12.2. The third-order valence-electron chi connectivity index (χ3n) is 3.58. The standard InChI is InChI=1S/C16H22N2O7S/c1-25-16(20)14(11-12-6-8-13(9-7-12)18(21)22)17-15(19)5-3-4-10-26(2,23)24/h6-9,14H,3-5,10-11H2,1-2H3,(H,17,19). The summed E-state index contributed by atoms with van der Waals surface area (Å²) in [5, 5.41) is 13.2. The predicted molar refractivity (Wildman–Crippen MR) is 94.3 cm³/mol. The molecule has 1 aromatic carbocycles. The van der Waals surface area contributed by atoms with Gasteiger partial charge in [0.05, 0.1) is 12.0 Å². The van der Waals surface area contributed by atoms with Gasteiger partial charge in [0.25, 0.3) is 5.69 Å². The van der Waals surface area contributed by atoms with E-state index in [1.54, 1.807) is 0 Å². The molecule has 0 fully saturated rings. The van der Waals surface area contributed by atoms with Crippen molar-refractivity contribution in [3.8, 4) is 0 Å². The van der Waals surface area contributed by atoms with Gasteiger partial charge in [-0.3, -0.25) is 14.9 Å². The van der Waals surface area contributed by atoms with Crippen LogP contribution in [0.4, 0.5) is 5.69 Å². The molecule has 1 rings (SSSR count). The number of esters is 1. The first-order valence-electron chi connectivity index (χ1n) is 7.90. The van der Waals surface area contributed by atoms with Crippen molar-refractivity contribution in [2.24, 2.45) is 0 Å². The molecule has 144 valence electrons. The van der Waals surface area contributed by atoms with Crippen molar-refractivity contribution in [1.82, 2.24) is 5.32 Å². The highest BCUT2D eigenvalue weighted by atomic mass is 32.2. The molecule has 0 aliphatic carbocycles. The Labute approximate surface area is 151 Å². The molecule has 1 aromatic rings. The second-order valence-corrected chi connectivity index (χ2v) is 8.12. The second kappa shape index (κ2) is 9.85. The quantitative estimate of drug-likeness (QED) is 0.274. The molecule has 1 N–H and O–H groups in total. The van der Waals surface area contributed by atoms with E-state index in [1.165, 1.54) is 31.4 Å². The molecule has 1 atom stereocenters. The van der Waals surface area contributed by atoms with Crippen LogP contribution in [0.25, 0.3) is 0 Å². The van der Waals surface area contributed by atoms with Crippen molar-refractivity contribution in [2.75, 3.05) is 19.1 Å². The van der Waals surface area contributed by atoms with Crippen LogP contribution in [0.1, 0.15) is 24.8 Å². The summed E-state index contributed by atoms with van der Waals surface area (Å²) >= 11 is 0.